The summed E-state index contributed by atoms with van der Waals surface area (Å²) in [6, 6.07) is 3.67. The van der Waals surface area contributed by atoms with Crippen LogP contribution in [-0.2, 0) is 4.74 Å². The monoisotopic (exact) mass is 292 g/mol. The molecule has 0 saturated carbocycles. The Labute approximate surface area is 123 Å². The van der Waals surface area contributed by atoms with Crippen LogP contribution in [0.25, 0.3) is 0 Å². The van der Waals surface area contributed by atoms with Gasteiger partial charge in [-0.3, -0.25) is 0 Å². The number of carbonyl (C=O) groups is 1. The van der Waals surface area contributed by atoms with Crippen molar-refractivity contribution in [2.24, 2.45) is 0 Å². The zero-order chi connectivity index (χ0) is 14.5. The maximum atomic E-state index is 12.5. The highest BCUT2D eigenvalue weighted by Gasteiger charge is 2.29. The summed E-state index contributed by atoms with van der Waals surface area (Å²) >= 11 is 0. The molecule has 7 nitrogen and oxygen atoms in total. The van der Waals surface area contributed by atoms with Gasteiger partial charge in [-0.25, -0.2) is 4.79 Å². The Morgan fingerprint density at radius 3 is 2.90 bits per heavy atom. The molecule has 3 heterocycles. The molecule has 0 aliphatic carbocycles. The van der Waals surface area contributed by atoms with Crippen LogP contribution < -0.4 is 4.74 Å². The lowest BCUT2D eigenvalue weighted by molar-refractivity contribution is 0.0325. The van der Waals surface area contributed by atoms with Gasteiger partial charge in [0.1, 0.15) is 6.10 Å². The summed E-state index contributed by atoms with van der Waals surface area (Å²) in [6.45, 7) is 3.98. The molecule has 2 saturated heterocycles. The number of hydrogen-bond donors (Lipinski definition) is 0. The minimum absolute atomic E-state index is 0.0135. The maximum Gasteiger partial charge on any atom is 0.320 e. The van der Waals surface area contributed by atoms with Crippen LogP contribution in [-0.4, -0.2) is 71.5 Å². The fourth-order valence-electron chi connectivity index (χ4n) is 2.68. The Balaban J connectivity index is 1.56. The summed E-state index contributed by atoms with van der Waals surface area (Å²) in [5.74, 6) is 0.517. The molecule has 1 aromatic rings. The molecule has 0 radical (unpaired) electrons. The lowest BCUT2D eigenvalue weighted by Gasteiger charge is -2.37. The van der Waals surface area contributed by atoms with Crippen molar-refractivity contribution in [3.63, 3.8) is 0 Å². The first-order valence-electron chi connectivity index (χ1n) is 7.39. The lowest BCUT2D eigenvalue weighted by atomic mass is 10.1. The van der Waals surface area contributed by atoms with Crippen molar-refractivity contribution in [1.29, 1.82) is 0 Å². The number of piperidine rings is 1. The summed E-state index contributed by atoms with van der Waals surface area (Å²) in [5.41, 5.74) is 0. The summed E-state index contributed by atoms with van der Waals surface area (Å²) in [6.07, 6.45) is 3.48. The van der Waals surface area contributed by atoms with E-state index in [4.69, 9.17) is 9.47 Å². The summed E-state index contributed by atoms with van der Waals surface area (Å²) < 4.78 is 11.1. The maximum absolute atomic E-state index is 12.5. The molecule has 3 rings (SSSR count). The van der Waals surface area contributed by atoms with Gasteiger partial charge in [-0.15, -0.1) is 5.10 Å². The van der Waals surface area contributed by atoms with Gasteiger partial charge < -0.3 is 19.3 Å². The third-order valence-electron chi connectivity index (χ3n) is 3.77. The van der Waals surface area contributed by atoms with Gasteiger partial charge in [0.15, 0.2) is 0 Å². The number of rotatable bonds is 2. The predicted octanol–water partition coefficient (Wildman–Crippen LogP) is 0.772. The average Bonchev–Trinajstić information content (AvgIpc) is 2.56. The fourth-order valence-corrected chi connectivity index (χ4v) is 2.68. The van der Waals surface area contributed by atoms with Gasteiger partial charge in [-0.2, -0.15) is 5.10 Å². The molecule has 2 aliphatic rings. The van der Waals surface area contributed by atoms with E-state index in [2.05, 4.69) is 10.2 Å². The van der Waals surface area contributed by atoms with Crippen LogP contribution in [0.15, 0.2) is 18.3 Å². The van der Waals surface area contributed by atoms with E-state index in [1.54, 1.807) is 18.3 Å². The Morgan fingerprint density at radius 2 is 2.14 bits per heavy atom. The van der Waals surface area contributed by atoms with Crippen molar-refractivity contribution >= 4 is 6.03 Å². The van der Waals surface area contributed by atoms with Gasteiger partial charge in [0.25, 0.3) is 0 Å². The van der Waals surface area contributed by atoms with Crippen LogP contribution in [0.2, 0.25) is 0 Å². The Bertz CT molecular complexity index is 465. The first-order chi connectivity index (χ1) is 10.3. The van der Waals surface area contributed by atoms with Crippen LogP contribution in [0.4, 0.5) is 4.79 Å². The van der Waals surface area contributed by atoms with Crippen LogP contribution in [0.3, 0.4) is 0 Å². The zero-order valence-electron chi connectivity index (χ0n) is 12.0. The van der Waals surface area contributed by atoms with Gasteiger partial charge in [0.2, 0.25) is 5.88 Å². The van der Waals surface area contributed by atoms with Crippen molar-refractivity contribution in [2.75, 3.05) is 39.4 Å². The minimum Gasteiger partial charge on any atom is -0.471 e. The predicted molar refractivity (Wildman–Crippen MR) is 75.0 cm³/mol. The van der Waals surface area contributed by atoms with E-state index < -0.39 is 0 Å². The van der Waals surface area contributed by atoms with E-state index in [0.29, 0.717) is 38.7 Å². The molecule has 0 unspecified atom stereocenters. The molecule has 1 aromatic heterocycles. The van der Waals surface area contributed by atoms with E-state index in [-0.39, 0.29) is 12.1 Å². The number of amides is 2. The molecular formula is C14H20N4O3. The fraction of sp³-hybridized carbons (Fsp3) is 0.643. The quantitative estimate of drug-likeness (QED) is 0.805. The average molecular weight is 292 g/mol. The molecule has 1 atom stereocenters. The van der Waals surface area contributed by atoms with E-state index in [1.165, 1.54) is 0 Å². The number of morpholine rings is 1. The van der Waals surface area contributed by atoms with Gasteiger partial charge >= 0.3 is 6.03 Å². The molecule has 2 aliphatic heterocycles. The molecule has 0 spiro atoms. The molecule has 114 valence electrons. The second-order valence-corrected chi connectivity index (χ2v) is 5.27. The largest absolute Gasteiger partial charge is 0.471 e. The summed E-state index contributed by atoms with van der Waals surface area (Å²) in [4.78, 5) is 16.2. The molecule has 0 bridgehead atoms. The summed E-state index contributed by atoms with van der Waals surface area (Å²) in [7, 11) is 0. The molecule has 0 N–H and O–H groups in total. The first-order valence-corrected chi connectivity index (χ1v) is 7.39. The SMILES string of the molecule is O=C(N1CCOCC1)N1CCC[C@H](Oc2cccnn2)C1. The van der Waals surface area contributed by atoms with Gasteiger partial charge in [0, 0.05) is 31.9 Å². The van der Waals surface area contributed by atoms with Crippen LogP contribution >= 0.6 is 0 Å². The molecular weight excluding hydrogens is 272 g/mol. The highest BCUT2D eigenvalue weighted by molar-refractivity contribution is 5.74. The van der Waals surface area contributed by atoms with Gasteiger partial charge in [-0.1, -0.05) is 0 Å². The number of aromatic nitrogens is 2. The van der Waals surface area contributed by atoms with Crippen molar-refractivity contribution in [2.45, 2.75) is 18.9 Å². The Morgan fingerprint density at radius 1 is 1.29 bits per heavy atom. The number of likely N-dealkylation sites (tertiary alicyclic amines) is 1. The van der Waals surface area contributed by atoms with Crippen LogP contribution in [0.1, 0.15) is 12.8 Å². The molecule has 21 heavy (non-hydrogen) atoms. The number of ether oxygens (including phenoxy) is 2. The third kappa shape index (κ3) is 3.60. The van der Waals surface area contributed by atoms with E-state index >= 15 is 0 Å². The minimum atomic E-state index is -0.0135. The standard InChI is InChI=1S/C14H20N4O3/c19-14(17-7-9-20-10-8-17)18-6-2-3-12(11-18)21-13-4-1-5-15-16-13/h1,4-5,12H,2-3,6-11H2/t12-/m0/s1. The number of urea groups is 1. The number of hydrogen-bond acceptors (Lipinski definition) is 5. The topological polar surface area (TPSA) is 67.8 Å². The van der Waals surface area contributed by atoms with Crippen molar-refractivity contribution in [3.8, 4) is 5.88 Å². The third-order valence-corrected chi connectivity index (χ3v) is 3.77. The lowest BCUT2D eigenvalue weighted by Crippen LogP contribution is -2.52. The molecule has 2 amide bonds. The van der Waals surface area contributed by atoms with E-state index in [1.807, 2.05) is 9.80 Å². The first kappa shape index (κ1) is 14.1. The van der Waals surface area contributed by atoms with E-state index in [0.717, 1.165) is 19.4 Å². The summed E-state index contributed by atoms with van der Waals surface area (Å²) in [5, 5.41) is 7.73. The molecule has 2 fully saturated rings. The highest BCUT2D eigenvalue weighted by atomic mass is 16.5. The Hall–Kier alpha value is -1.89. The molecule has 7 heteroatoms. The smallest absolute Gasteiger partial charge is 0.320 e. The Kier molecular flexibility index (Phi) is 4.49. The number of nitrogens with zero attached hydrogens (tertiary/aromatic N) is 4. The van der Waals surface area contributed by atoms with Crippen molar-refractivity contribution < 1.29 is 14.3 Å². The van der Waals surface area contributed by atoms with Crippen LogP contribution in [0.5, 0.6) is 5.88 Å². The van der Waals surface area contributed by atoms with Gasteiger partial charge in [-0.05, 0) is 18.9 Å². The second-order valence-electron chi connectivity index (χ2n) is 5.27. The van der Waals surface area contributed by atoms with Crippen molar-refractivity contribution in [3.05, 3.63) is 18.3 Å². The molecule has 0 aromatic carbocycles. The normalized spacial score (nSPS) is 23.0. The van der Waals surface area contributed by atoms with Gasteiger partial charge in [0.05, 0.1) is 19.8 Å². The number of carbonyl (C=O) groups excluding carboxylic acids is 1. The second kappa shape index (κ2) is 6.71. The van der Waals surface area contributed by atoms with E-state index in [9.17, 15) is 4.79 Å². The van der Waals surface area contributed by atoms with Crippen molar-refractivity contribution in [1.82, 2.24) is 20.0 Å². The zero-order valence-corrected chi connectivity index (χ0v) is 12.0. The highest BCUT2D eigenvalue weighted by Crippen LogP contribution is 2.17. The van der Waals surface area contributed by atoms with Crippen LogP contribution in [0, 0.1) is 0 Å².